The van der Waals surface area contributed by atoms with Crippen molar-refractivity contribution >= 4 is 0 Å². The Labute approximate surface area is 166 Å². The molecule has 4 rings (SSSR count). The van der Waals surface area contributed by atoms with Crippen LogP contribution in [0.15, 0.2) is 60.7 Å². The summed E-state index contributed by atoms with van der Waals surface area (Å²) < 4.78 is 25.9. The van der Waals surface area contributed by atoms with Crippen LogP contribution in [0.1, 0.15) is 11.1 Å². The number of hydrogen-bond donors (Lipinski definition) is 0. The van der Waals surface area contributed by atoms with Gasteiger partial charge in [-0.2, -0.15) is 24.3 Å². The quantitative estimate of drug-likeness (QED) is 0.307. The molecule has 3 aromatic rings. The summed E-state index contributed by atoms with van der Waals surface area (Å²) >= 11 is 0. The SMILES string of the molecule is Fc1[c-]c2c(cc1)-c1ccc(F)cc1C2.[Cl-].[Cl-].[Zr+4].c1cc[cH-]c1. The van der Waals surface area contributed by atoms with Gasteiger partial charge in [0.15, 0.2) is 0 Å². The molecule has 0 atom stereocenters. The molecule has 0 saturated carbocycles. The Bertz CT molecular complexity index is 661. The van der Waals surface area contributed by atoms with Crippen LogP contribution < -0.4 is 24.8 Å². The maximum Gasteiger partial charge on any atom is 4.00 e. The fourth-order valence-electron chi connectivity index (χ4n) is 2.38. The van der Waals surface area contributed by atoms with Crippen molar-refractivity contribution in [2.24, 2.45) is 0 Å². The van der Waals surface area contributed by atoms with E-state index in [1.165, 1.54) is 18.2 Å². The summed E-state index contributed by atoms with van der Waals surface area (Å²) in [6.07, 6.45) is 0.570. The van der Waals surface area contributed by atoms with Crippen LogP contribution >= 0.6 is 0 Å². The van der Waals surface area contributed by atoms with Gasteiger partial charge in [0.1, 0.15) is 5.82 Å². The predicted octanol–water partition coefficient (Wildman–Crippen LogP) is -1.25. The van der Waals surface area contributed by atoms with E-state index in [9.17, 15) is 8.78 Å². The molecular formula is C18H12Cl2F2Zr. The van der Waals surface area contributed by atoms with Gasteiger partial charge in [0.05, 0.1) is 0 Å². The molecule has 0 fully saturated rings. The minimum absolute atomic E-state index is 0. The fourth-order valence-corrected chi connectivity index (χ4v) is 2.38. The van der Waals surface area contributed by atoms with E-state index >= 15 is 0 Å². The first-order valence-corrected chi connectivity index (χ1v) is 6.40. The van der Waals surface area contributed by atoms with Crippen molar-refractivity contribution in [2.45, 2.75) is 6.42 Å². The normalized spacial score (nSPS) is 9.83. The van der Waals surface area contributed by atoms with Crippen molar-refractivity contribution in [3.8, 4) is 11.1 Å². The second-order valence-corrected chi connectivity index (χ2v) is 4.64. The monoisotopic (exact) mass is 426 g/mol. The van der Waals surface area contributed by atoms with Gasteiger partial charge in [-0.1, -0.05) is 11.6 Å². The van der Waals surface area contributed by atoms with E-state index in [1.54, 1.807) is 12.1 Å². The van der Waals surface area contributed by atoms with Gasteiger partial charge in [-0.15, -0.1) is 23.3 Å². The zero-order valence-electron chi connectivity index (χ0n) is 12.0. The first-order chi connectivity index (χ1) is 9.74. The molecule has 0 N–H and O–H groups in total. The van der Waals surface area contributed by atoms with E-state index in [4.69, 9.17) is 0 Å². The molecule has 0 unspecified atom stereocenters. The molecule has 5 heteroatoms. The molecule has 1 aliphatic rings. The van der Waals surface area contributed by atoms with Crippen LogP contribution in [0.3, 0.4) is 0 Å². The first kappa shape index (κ1) is 22.1. The Kier molecular flexibility index (Phi) is 9.69. The third-order valence-electron chi connectivity index (χ3n) is 3.27. The van der Waals surface area contributed by atoms with Crippen LogP contribution in [0.5, 0.6) is 0 Å². The van der Waals surface area contributed by atoms with Gasteiger partial charge >= 0.3 is 26.2 Å². The Morgan fingerprint density at radius 1 is 0.913 bits per heavy atom. The summed E-state index contributed by atoms with van der Waals surface area (Å²) in [4.78, 5) is 0. The zero-order chi connectivity index (χ0) is 13.9. The third kappa shape index (κ3) is 5.31. The molecule has 116 valence electrons. The van der Waals surface area contributed by atoms with Gasteiger partial charge in [0.25, 0.3) is 0 Å². The Morgan fingerprint density at radius 3 is 2.17 bits per heavy atom. The average molecular weight is 428 g/mol. The summed E-state index contributed by atoms with van der Waals surface area (Å²) in [5, 5.41) is 0. The Morgan fingerprint density at radius 2 is 1.57 bits per heavy atom. The second-order valence-electron chi connectivity index (χ2n) is 4.64. The van der Waals surface area contributed by atoms with E-state index < -0.39 is 0 Å². The summed E-state index contributed by atoms with van der Waals surface area (Å²) in [6, 6.07) is 20.4. The number of rotatable bonds is 0. The molecule has 0 radical (unpaired) electrons. The molecule has 0 aliphatic heterocycles. The second kappa shape index (κ2) is 10.1. The predicted molar refractivity (Wildman–Crippen MR) is 75.5 cm³/mol. The first-order valence-electron chi connectivity index (χ1n) is 6.40. The van der Waals surface area contributed by atoms with Gasteiger partial charge in [0.2, 0.25) is 0 Å². The number of benzene rings is 2. The number of hydrogen-bond acceptors (Lipinski definition) is 0. The number of halogens is 4. The van der Waals surface area contributed by atoms with Crippen molar-refractivity contribution < 1.29 is 59.8 Å². The van der Waals surface area contributed by atoms with E-state index in [-0.39, 0.29) is 62.7 Å². The minimum atomic E-state index is -0.359. The van der Waals surface area contributed by atoms with Crippen LogP contribution in [0.2, 0.25) is 0 Å². The van der Waals surface area contributed by atoms with Crippen molar-refractivity contribution in [1.29, 1.82) is 0 Å². The van der Waals surface area contributed by atoms with Crippen LogP contribution in [0, 0.1) is 17.7 Å². The topological polar surface area (TPSA) is 0 Å². The van der Waals surface area contributed by atoms with Crippen LogP contribution in [0.4, 0.5) is 8.78 Å². The molecule has 0 saturated heterocycles. The van der Waals surface area contributed by atoms with Gasteiger partial charge in [-0.05, 0) is 24.1 Å². The standard InChI is InChI=1S/C13H7F2.C5H5.2ClH.Zr/c14-10-1-3-12-8(6-10)5-9-7-11(15)2-4-13(9)12;1-2-4-5-3-1;;;/h1-4,6H,5H2;1-5H;2*1H;/q2*-1;;;+4/p-2. The van der Waals surface area contributed by atoms with Crippen molar-refractivity contribution in [3.05, 3.63) is 89.5 Å². The molecule has 0 aromatic heterocycles. The van der Waals surface area contributed by atoms with Gasteiger partial charge in [-0.3, -0.25) is 0 Å². The van der Waals surface area contributed by atoms with Crippen LogP contribution in [0.25, 0.3) is 11.1 Å². The molecule has 0 heterocycles. The van der Waals surface area contributed by atoms with Crippen molar-refractivity contribution in [3.63, 3.8) is 0 Å². The fraction of sp³-hybridized carbons (Fsp3) is 0.0556. The maximum atomic E-state index is 13.0. The summed E-state index contributed by atoms with van der Waals surface area (Å²) in [5.41, 5.74) is 3.68. The molecule has 0 nitrogen and oxygen atoms in total. The van der Waals surface area contributed by atoms with Crippen LogP contribution in [-0.4, -0.2) is 0 Å². The van der Waals surface area contributed by atoms with E-state index in [0.29, 0.717) is 6.42 Å². The smallest absolute Gasteiger partial charge is 1.00 e. The molecular weight excluding hydrogens is 416 g/mol. The molecule has 0 bridgehead atoms. The molecule has 3 aromatic carbocycles. The zero-order valence-corrected chi connectivity index (χ0v) is 16.0. The summed E-state index contributed by atoms with van der Waals surface area (Å²) in [7, 11) is 0. The van der Waals surface area contributed by atoms with Crippen molar-refractivity contribution in [1.82, 2.24) is 0 Å². The van der Waals surface area contributed by atoms with Gasteiger partial charge < -0.3 is 24.8 Å². The third-order valence-corrected chi connectivity index (χ3v) is 3.27. The van der Waals surface area contributed by atoms with E-state index in [2.05, 4.69) is 6.07 Å². The maximum absolute atomic E-state index is 13.0. The van der Waals surface area contributed by atoms with E-state index in [0.717, 1.165) is 22.3 Å². The Balaban J connectivity index is 0.000000529. The minimum Gasteiger partial charge on any atom is -1.00 e. The van der Waals surface area contributed by atoms with Gasteiger partial charge in [0, 0.05) is 5.82 Å². The van der Waals surface area contributed by atoms with E-state index in [1.807, 2.05) is 30.3 Å². The number of fused-ring (bicyclic) bond motifs is 3. The summed E-state index contributed by atoms with van der Waals surface area (Å²) in [5.74, 6) is -0.607. The largest absolute Gasteiger partial charge is 4.00 e. The molecule has 0 spiro atoms. The summed E-state index contributed by atoms with van der Waals surface area (Å²) in [6.45, 7) is 0. The Hall–Kier alpha value is -0.887. The van der Waals surface area contributed by atoms with Crippen LogP contribution in [-0.2, 0) is 32.6 Å². The molecule has 0 amide bonds. The molecule has 23 heavy (non-hydrogen) atoms. The molecule has 1 aliphatic carbocycles. The van der Waals surface area contributed by atoms with Crippen molar-refractivity contribution in [2.75, 3.05) is 0 Å². The average Bonchev–Trinajstić information content (AvgIpc) is 3.08. The van der Waals surface area contributed by atoms with Gasteiger partial charge in [-0.25, -0.2) is 20.9 Å².